The third-order valence-corrected chi connectivity index (χ3v) is 7.59. The zero-order valence-electron chi connectivity index (χ0n) is 22.0. The van der Waals surface area contributed by atoms with Gasteiger partial charge in [-0.3, -0.25) is 9.59 Å². The fourth-order valence-electron chi connectivity index (χ4n) is 4.01. The smallest absolute Gasteiger partial charge is 0.261 e. The van der Waals surface area contributed by atoms with E-state index >= 15 is 0 Å². The first kappa shape index (κ1) is 28.9. The number of carbonyl (C=O) groups is 2. The van der Waals surface area contributed by atoms with Gasteiger partial charge >= 0.3 is 0 Å². The molecular weight excluding hydrogens is 596 g/mol. The zero-order chi connectivity index (χ0) is 27.2. The molecule has 3 aromatic rings. The molecule has 7 heteroatoms. The summed E-state index contributed by atoms with van der Waals surface area (Å²) >= 11 is 7.04. The van der Waals surface area contributed by atoms with Crippen LogP contribution in [0.5, 0.6) is 5.75 Å². The maximum Gasteiger partial charge on any atom is 0.261 e. The van der Waals surface area contributed by atoms with Gasteiger partial charge in [0.15, 0.2) is 6.61 Å². The van der Waals surface area contributed by atoms with Crippen LogP contribution in [0.3, 0.4) is 0 Å². The third-order valence-electron chi connectivity index (χ3n) is 5.81. The Hall–Kier alpha value is -2.64. The van der Waals surface area contributed by atoms with Gasteiger partial charge in [-0.15, -0.1) is 0 Å². The number of aryl methyl sites for hydroxylation is 2. The van der Waals surface area contributed by atoms with Crippen LogP contribution < -0.4 is 10.1 Å². The van der Waals surface area contributed by atoms with Crippen LogP contribution in [0.2, 0.25) is 0 Å². The fraction of sp³-hybridized carbons (Fsp3) is 0.333. The molecule has 1 atom stereocenters. The molecule has 37 heavy (non-hydrogen) atoms. The molecule has 196 valence electrons. The zero-order valence-corrected chi connectivity index (χ0v) is 25.1. The Morgan fingerprint density at radius 3 is 2.08 bits per heavy atom. The van der Waals surface area contributed by atoms with Gasteiger partial charge in [0.2, 0.25) is 5.91 Å². The molecule has 0 saturated heterocycles. The van der Waals surface area contributed by atoms with Crippen LogP contribution in [0.4, 0.5) is 0 Å². The fourth-order valence-corrected chi connectivity index (χ4v) is 4.50. The summed E-state index contributed by atoms with van der Waals surface area (Å²) in [6.45, 7) is 9.89. The second-order valence-electron chi connectivity index (χ2n) is 10.3. The van der Waals surface area contributed by atoms with Crippen molar-refractivity contribution in [3.8, 4) is 5.75 Å². The monoisotopic (exact) mass is 628 g/mol. The number of benzene rings is 3. The molecule has 0 fully saturated rings. The van der Waals surface area contributed by atoms with Crippen molar-refractivity contribution < 1.29 is 14.3 Å². The van der Waals surface area contributed by atoms with Crippen molar-refractivity contribution in [3.63, 3.8) is 0 Å². The summed E-state index contributed by atoms with van der Waals surface area (Å²) in [5, 5.41) is 3.08. The number of nitrogens with zero attached hydrogens (tertiary/aromatic N) is 1. The summed E-state index contributed by atoms with van der Waals surface area (Å²) in [6, 6.07) is 20.6. The van der Waals surface area contributed by atoms with Gasteiger partial charge in [0.25, 0.3) is 5.91 Å². The van der Waals surface area contributed by atoms with Crippen molar-refractivity contribution in [2.45, 2.75) is 59.2 Å². The molecule has 3 aromatic carbocycles. The van der Waals surface area contributed by atoms with Crippen molar-refractivity contribution in [2.24, 2.45) is 0 Å². The Balaban J connectivity index is 1.94. The Bertz CT molecular complexity index is 1200. The molecule has 0 saturated carbocycles. The van der Waals surface area contributed by atoms with Crippen LogP contribution in [-0.4, -0.2) is 34.9 Å². The highest BCUT2D eigenvalue weighted by Gasteiger charge is 2.32. The highest BCUT2D eigenvalue weighted by Crippen LogP contribution is 2.26. The van der Waals surface area contributed by atoms with Crippen molar-refractivity contribution in [1.29, 1.82) is 0 Å². The Morgan fingerprint density at radius 2 is 1.51 bits per heavy atom. The molecule has 2 amide bonds. The highest BCUT2D eigenvalue weighted by atomic mass is 79.9. The van der Waals surface area contributed by atoms with Crippen LogP contribution in [0.25, 0.3) is 0 Å². The molecule has 3 rings (SSSR count). The molecule has 0 aliphatic heterocycles. The van der Waals surface area contributed by atoms with E-state index in [0.29, 0.717) is 12.2 Å². The molecule has 5 nitrogen and oxygen atoms in total. The molecule has 0 radical (unpaired) electrons. The lowest BCUT2D eigenvalue weighted by Gasteiger charge is -2.33. The van der Waals surface area contributed by atoms with E-state index in [-0.39, 0.29) is 25.0 Å². The van der Waals surface area contributed by atoms with E-state index in [1.165, 1.54) is 0 Å². The van der Waals surface area contributed by atoms with Gasteiger partial charge in [-0.2, -0.15) is 0 Å². The van der Waals surface area contributed by atoms with Crippen LogP contribution in [0.1, 0.15) is 43.0 Å². The lowest BCUT2D eigenvalue weighted by molar-refractivity contribution is -0.143. The predicted octanol–water partition coefficient (Wildman–Crippen LogP) is 6.76. The molecule has 0 aromatic heterocycles. The summed E-state index contributed by atoms with van der Waals surface area (Å²) in [6.07, 6.45) is 0.390. The first-order chi connectivity index (χ1) is 17.4. The maximum atomic E-state index is 13.7. The van der Waals surface area contributed by atoms with Crippen LogP contribution >= 0.6 is 31.9 Å². The molecule has 0 aliphatic carbocycles. The van der Waals surface area contributed by atoms with Crippen molar-refractivity contribution in [2.75, 3.05) is 6.61 Å². The Morgan fingerprint density at radius 1 is 0.919 bits per heavy atom. The summed E-state index contributed by atoms with van der Waals surface area (Å²) in [5.41, 5.74) is 3.52. The van der Waals surface area contributed by atoms with Crippen molar-refractivity contribution >= 4 is 43.7 Å². The minimum absolute atomic E-state index is 0.175. The average Bonchev–Trinajstić information content (AvgIpc) is 2.83. The highest BCUT2D eigenvalue weighted by molar-refractivity contribution is 9.10. The lowest BCUT2D eigenvalue weighted by Crippen LogP contribution is -2.55. The number of ether oxygens (including phenoxy) is 1. The van der Waals surface area contributed by atoms with Gasteiger partial charge in [0, 0.05) is 27.4 Å². The number of amides is 2. The largest absolute Gasteiger partial charge is 0.484 e. The number of nitrogens with one attached hydrogen (secondary N) is 1. The first-order valence-corrected chi connectivity index (χ1v) is 13.8. The van der Waals surface area contributed by atoms with E-state index in [9.17, 15) is 9.59 Å². The van der Waals surface area contributed by atoms with Crippen LogP contribution in [0, 0.1) is 13.8 Å². The van der Waals surface area contributed by atoms with Gasteiger partial charge in [0.1, 0.15) is 11.8 Å². The van der Waals surface area contributed by atoms with Gasteiger partial charge < -0.3 is 15.0 Å². The molecule has 0 unspecified atom stereocenters. The lowest BCUT2D eigenvalue weighted by atomic mass is 10.0. The maximum absolute atomic E-state index is 13.7. The van der Waals surface area contributed by atoms with E-state index in [1.807, 2.05) is 101 Å². The van der Waals surface area contributed by atoms with Crippen LogP contribution in [0.15, 0.2) is 75.7 Å². The second-order valence-corrected chi connectivity index (χ2v) is 12.0. The number of rotatable bonds is 9. The quantitative estimate of drug-likeness (QED) is 0.284. The number of carbonyl (C=O) groups excluding carboxylic acids is 2. The minimum Gasteiger partial charge on any atom is -0.484 e. The average molecular weight is 630 g/mol. The number of hydrogen-bond donors (Lipinski definition) is 1. The molecule has 1 N–H and O–H groups in total. The van der Waals surface area contributed by atoms with Gasteiger partial charge in [-0.25, -0.2) is 0 Å². The standard InChI is InChI=1S/C30H34Br2N2O3/c1-20-15-25(16-21(2)28(20)32)37-19-27(35)34(18-23-11-13-24(31)14-12-23)26(29(36)33-30(3,4)5)17-22-9-7-6-8-10-22/h6-16,26H,17-19H2,1-5H3,(H,33,36)/t26-/m0/s1. The van der Waals surface area contributed by atoms with Crippen molar-refractivity contribution in [3.05, 3.63) is 97.9 Å². The minimum atomic E-state index is -0.713. The second kappa shape index (κ2) is 12.7. The van der Waals surface area contributed by atoms with Crippen LogP contribution in [-0.2, 0) is 22.6 Å². The SMILES string of the molecule is Cc1cc(OCC(=O)N(Cc2ccc(Br)cc2)[C@@H](Cc2ccccc2)C(=O)NC(C)(C)C)cc(C)c1Br. The molecule has 0 heterocycles. The third kappa shape index (κ3) is 8.71. The van der Waals surface area contributed by atoms with E-state index in [1.54, 1.807) is 4.90 Å². The normalized spacial score (nSPS) is 12.1. The summed E-state index contributed by atoms with van der Waals surface area (Å²) in [4.78, 5) is 29.0. The predicted molar refractivity (Wildman–Crippen MR) is 156 cm³/mol. The van der Waals surface area contributed by atoms with E-state index in [2.05, 4.69) is 37.2 Å². The van der Waals surface area contributed by atoms with Gasteiger partial charge in [-0.05, 0) is 81.1 Å². The van der Waals surface area contributed by atoms with Gasteiger partial charge in [0.05, 0.1) is 0 Å². The number of halogens is 2. The summed E-state index contributed by atoms with van der Waals surface area (Å²) < 4.78 is 7.92. The molecule has 0 bridgehead atoms. The van der Waals surface area contributed by atoms with Crippen molar-refractivity contribution in [1.82, 2.24) is 10.2 Å². The Kier molecular flexibility index (Phi) is 9.96. The van der Waals surface area contributed by atoms with E-state index in [4.69, 9.17) is 4.74 Å². The number of hydrogen-bond acceptors (Lipinski definition) is 3. The van der Waals surface area contributed by atoms with Gasteiger partial charge in [-0.1, -0.05) is 74.3 Å². The molecule has 0 spiro atoms. The summed E-state index contributed by atoms with van der Waals surface area (Å²) in [5.74, 6) is 0.164. The Labute approximate surface area is 236 Å². The first-order valence-electron chi connectivity index (χ1n) is 12.2. The topological polar surface area (TPSA) is 58.6 Å². The summed E-state index contributed by atoms with van der Waals surface area (Å²) in [7, 11) is 0. The van der Waals surface area contributed by atoms with E-state index < -0.39 is 11.6 Å². The molecule has 0 aliphatic rings. The van der Waals surface area contributed by atoms with E-state index in [0.717, 1.165) is 31.2 Å². The molecular formula is C30H34Br2N2O3.